The minimum Gasteiger partial charge on any atom is -0.466 e. The van der Waals surface area contributed by atoms with Gasteiger partial charge in [-0.1, -0.05) is 25.1 Å². The number of hydrogen-bond acceptors (Lipinski definition) is 4. The second-order valence-corrected chi connectivity index (χ2v) is 8.12. The first-order chi connectivity index (χ1) is 14.1. The Morgan fingerprint density at radius 1 is 1.21 bits per heavy atom. The average Bonchev–Trinajstić information content (AvgIpc) is 2.75. The Bertz CT molecular complexity index is 692. The molecular weight excluding hydrogens is 368 g/mol. The zero-order valence-corrected chi connectivity index (χ0v) is 17.7. The number of urea groups is 1. The maximum absolute atomic E-state index is 12.8. The van der Waals surface area contributed by atoms with Gasteiger partial charge >= 0.3 is 12.0 Å². The number of hydrogen-bond donors (Lipinski definition) is 1. The summed E-state index contributed by atoms with van der Waals surface area (Å²) in [5, 5.41) is 3.04. The maximum Gasteiger partial charge on any atom is 0.321 e. The molecule has 1 atom stereocenters. The van der Waals surface area contributed by atoms with E-state index in [9.17, 15) is 9.59 Å². The molecule has 1 aromatic carbocycles. The highest BCUT2D eigenvalue weighted by molar-refractivity contribution is 5.90. The van der Waals surface area contributed by atoms with Crippen LogP contribution >= 0.6 is 0 Å². The minimum absolute atomic E-state index is 0.0997. The Morgan fingerprint density at radius 3 is 2.62 bits per heavy atom. The molecule has 0 spiro atoms. The molecule has 2 amide bonds. The Balaban J connectivity index is 1.64. The molecule has 2 aliphatic heterocycles. The number of amides is 2. The third-order valence-corrected chi connectivity index (χ3v) is 6.25. The lowest BCUT2D eigenvalue weighted by atomic mass is 9.73. The number of para-hydroxylation sites is 1. The molecule has 1 aromatic rings. The van der Waals surface area contributed by atoms with Crippen molar-refractivity contribution < 1.29 is 19.1 Å². The number of piperidine rings is 1. The van der Waals surface area contributed by atoms with Gasteiger partial charge in [-0.15, -0.1) is 0 Å². The molecule has 0 aromatic heterocycles. The standard InChI is InChI=1S/C23H34N2O4/c1-3-18-9-5-6-11-20(18)24-22(27)25-14-12-23(13-15-25,21(26)28-4-2)17-19-10-7-8-16-29-19/h5-6,9,11,19H,3-4,7-8,10,12-17H2,1-2H3,(H,24,27)/t19-/m0/s1. The lowest BCUT2D eigenvalue weighted by Crippen LogP contribution is -2.50. The fourth-order valence-corrected chi connectivity index (χ4v) is 4.46. The molecule has 6 nitrogen and oxygen atoms in total. The van der Waals surface area contributed by atoms with Gasteiger partial charge in [0.25, 0.3) is 0 Å². The second kappa shape index (κ2) is 10.1. The number of anilines is 1. The summed E-state index contributed by atoms with van der Waals surface area (Å²) in [6.45, 7) is 6.17. The van der Waals surface area contributed by atoms with E-state index in [0.29, 0.717) is 39.0 Å². The number of nitrogens with one attached hydrogen (secondary N) is 1. The van der Waals surface area contributed by atoms with E-state index in [1.807, 2.05) is 36.1 Å². The highest BCUT2D eigenvalue weighted by Gasteiger charge is 2.45. The molecule has 1 N–H and O–H groups in total. The molecule has 3 rings (SSSR count). The molecule has 2 saturated heterocycles. The van der Waals surface area contributed by atoms with Crippen LogP contribution in [-0.2, 0) is 20.7 Å². The van der Waals surface area contributed by atoms with Crippen molar-refractivity contribution >= 4 is 17.7 Å². The molecule has 6 heteroatoms. The van der Waals surface area contributed by atoms with Gasteiger partial charge < -0.3 is 19.7 Å². The third kappa shape index (κ3) is 5.30. The monoisotopic (exact) mass is 402 g/mol. The average molecular weight is 403 g/mol. The molecule has 0 aliphatic carbocycles. The Labute approximate surface area is 173 Å². The van der Waals surface area contributed by atoms with E-state index in [-0.39, 0.29) is 18.1 Å². The summed E-state index contributed by atoms with van der Waals surface area (Å²) in [6, 6.07) is 7.78. The molecule has 2 aliphatic rings. The van der Waals surface area contributed by atoms with Crippen LogP contribution in [0.25, 0.3) is 0 Å². The van der Waals surface area contributed by atoms with E-state index in [0.717, 1.165) is 43.5 Å². The lowest BCUT2D eigenvalue weighted by Gasteiger charge is -2.42. The van der Waals surface area contributed by atoms with Crippen molar-refractivity contribution in [1.82, 2.24) is 4.90 Å². The molecule has 2 fully saturated rings. The molecule has 0 saturated carbocycles. The van der Waals surface area contributed by atoms with Gasteiger partial charge in [0.15, 0.2) is 0 Å². The van der Waals surface area contributed by atoms with Crippen LogP contribution in [0.4, 0.5) is 10.5 Å². The van der Waals surface area contributed by atoms with Gasteiger partial charge in [-0.2, -0.15) is 0 Å². The number of esters is 1. The van der Waals surface area contributed by atoms with Crippen molar-refractivity contribution in [1.29, 1.82) is 0 Å². The summed E-state index contributed by atoms with van der Waals surface area (Å²) in [7, 11) is 0. The van der Waals surface area contributed by atoms with Crippen LogP contribution in [0.5, 0.6) is 0 Å². The van der Waals surface area contributed by atoms with Gasteiger partial charge in [0, 0.05) is 25.4 Å². The first kappa shape index (κ1) is 21.6. The van der Waals surface area contributed by atoms with Gasteiger partial charge in [0.1, 0.15) is 0 Å². The number of carbonyl (C=O) groups excluding carboxylic acids is 2. The predicted molar refractivity (Wildman–Crippen MR) is 113 cm³/mol. The van der Waals surface area contributed by atoms with Crippen LogP contribution in [0, 0.1) is 5.41 Å². The minimum atomic E-state index is -0.546. The van der Waals surface area contributed by atoms with Crippen LogP contribution in [0.3, 0.4) is 0 Å². The quantitative estimate of drug-likeness (QED) is 0.717. The van der Waals surface area contributed by atoms with E-state index in [2.05, 4.69) is 12.2 Å². The van der Waals surface area contributed by atoms with Gasteiger partial charge in [0.05, 0.1) is 18.1 Å². The summed E-state index contributed by atoms with van der Waals surface area (Å²) >= 11 is 0. The van der Waals surface area contributed by atoms with Crippen LogP contribution in [0.2, 0.25) is 0 Å². The van der Waals surface area contributed by atoms with Crippen LogP contribution < -0.4 is 5.32 Å². The Morgan fingerprint density at radius 2 is 1.97 bits per heavy atom. The maximum atomic E-state index is 12.8. The fraction of sp³-hybridized carbons (Fsp3) is 0.652. The Hall–Kier alpha value is -2.08. The third-order valence-electron chi connectivity index (χ3n) is 6.25. The number of likely N-dealkylation sites (tertiary alicyclic amines) is 1. The molecule has 0 bridgehead atoms. The number of carbonyl (C=O) groups is 2. The summed E-state index contributed by atoms with van der Waals surface area (Å²) in [5.41, 5.74) is 1.43. The summed E-state index contributed by atoms with van der Waals surface area (Å²) in [6.07, 6.45) is 6.15. The summed E-state index contributed by atoms with van der Waals surface area (Å²) in [5.74, 6) is -0.134. The van der Waals surface area contributed by atoms with Crippen molar-refractivity contribution in [2.75, 3.05) is 31.6 Å². The first-order valence-corrected chi connectivity index (χ1v) is 11.0. The van der Waals surface area contributed by atoms with E-state index < -0.39 is 5.41 Å². The number of nitrogens with zero attached hydrogens (tertiary/aromatic N) is 1. The van der Waals surface area contributed by atoms with E-state index in [1.165, 1.54) is 0 Å². The summed E-state index contributed by atoms with van der Waals surface area (Å²) in [4.78, 5) is 27.5. The first-order valence-electron chi connectivity index (χ1n) is 11.0. The van der Waals surface area contributed by atoms with Crippen molar-refractivity contribution in [3.05, 3.63) is 29.8 Å². The zero-order chi connectivity index (χ0) is 20.7. The molecule has 0 unspecified atom stereocenters. The summed E-state index contributed by atoms with van der Waals surface area (Å²) < 4.78 is 11.3. The van der Waals surface area contributed by atoms with Crippen LogP contribution in [0.15, 0.2) is 24.3 Å². The molecule has 29 heavy (non-hydrogen) atoms. The highest BCUT2D eigenvalue weighted by Crippen LogP contribution is 2.40. The van der Waals surface area contributed by atoms with Crippen molar-refractivity contribution in [2.24, 2.45) is 5.41 Å². The van der Waals surface area contributed by atoms with E-state index >= 15 is 0 Å². The molecule has 2 heterocycles. The number of aryl methyl sites for hydroxylation is 1. The highest BCUT2D eigenvalue weighted by atomic mass is 16.5. The van der Waals surface area contributed by atoms with Crippen LogP contribution in [-0.4, -0.2) is 49.3 Å². The number of benzene rings is 1. The lowest BCUT2D eigenvalue weighted by molar-refractivity contribution is -0.162. The van der Waals surface area contributed by atoms with Crippen molar-refractivity contribution in [3.63, 3.8) is 0 Å². The zero-order valence-electron chi connectivity index (χ0n) is 17.7. The Kier molecular flexibility index (Phi) is 7.53. The topological polar surface area (TPSA) is 67.9 Å². The van der Waals surface area contributed by atoms with Crippen molar-refractivity contribution in [2.45, 2.75) is 64.9 Å². The largest absolute Gasteiger partial charge is 0.466 e. The van der Waals surface area contributed by atoms with Crippen molar-refractivity contribution in [3.8, 4) is 0 Å². The van der Waals surface area contributed by atoms with Gasteiger partial charge in [-0.3, -0.25) is 4.79 Å². The molecular formula is C23H34N2O4. The predicted octanol–water partition coefficient (Wildman–Crippen LogP) is 4.39. The fourth-order valence-electron chi connectivity index (χ4n) is 4.46. The number of rotatable bonds is 6. The SMILES string of the molecule is CCOC(=O)C1(C[C@@H]2CCCCO2)CCN(C(=O)Nc2ccccc2CC)CC1. The van der Waals surface area contributed by atoms with Gasteiger partial charge in [-0.05, 0) is 63.5 Å². The number of ether oxygens (including phenoxy) is 2. The van der Waals surface area contributed by atoms with E-state index in [4.69, 9.17) is 9.47 Å². The van der Waals surface area contributed by atoms with Gasteiger partial charge in [0.2, 0.25) is 0 Å². The smallest absolute Gasteiger partial charge is 0.321 e. The molecule has 0 radical (unpaired) electrons. The van der Waals surface area contributed by atoms with Gasteiger partial charge in [-0.25, -0.2) is 4.79 Å². The normalized spacial score (nSPS) is 21.4. The second-order valence-electron chi connectivity index (χ2n) is 8.12. The van der Waals surface area contributed by atoms with Crippen LogP contribution in [0.1, 0.15) is 57.9 Å². The molecule has 160 valence electrons. The van der Waals surface area contributed by atoms with E-state index in [1.54, 1.807) is 0 Å².